The Morgan fingerprint density at radius 1 is 1.00 bits per heavy atom. The van der Waals surface area contributed by atoms with Gasteiger partial charge in [0.25, 0.3) is 0 Å². The van der Waals surface area contributed by atoms with Crippen molar-refractivity contribution in [2.45, 2.75) is 12.6 Å². The lowest BCUT2D eigenvalue weighted by molar-refractivity contribution is -0.137. The van der Waals surface area contributed by atoms with Crippen LogP contribution in [0, 0.1) is 0 Å². The molecule has 0 unspecified atom stereocenters. The number of nitrogens with zero attached hydrogens (tertiary/aromatic N) is 2. The van der Waals surface area contributed by atoms with Gasteiger partial charge in [0.05, 0.1) is 12.2 Å². The molecule has 30 heavy (non-hydrogen) atoms. The predicted molar refractivity (Wildman–Crippen MR) is 110 cm³/mol. The number of ether oxygens (including phenoxy) is 1. The minimum atomic E-state index is -4.30. The smallest absolute Gasteiger partial charge is 0.416 e. The summed E-state index contributed by atoms with van der Waals surface area (Å²) in [6.45, 7) is 4.73. The predicted octanol–water partition coefficient (Wildman–Crippen LogP) is 3.79. The number of benzene rings is 2. The van der Waals surface area contributed by atoms with Crippen LogP contribution in [0.4, 0.5) is 29.3 Å². The number of carbonyl (C=O) groups excluding carboxylic acids is 1. The number of nitrogens with two attached hydrogens (primary N) is 1. The zero-order valence-electron chi connectivity index (χ0n) is 16.5. The molecule has 3 rings (SSSR count). The maximum atomic E-state index is 12.7. The first-order valence-electron chi connectivity index (χ1n) is 9.75. The Morgan fingerprint density at radius 3 is 2.20 bits per heavy atom. The molecule has 0 atom stereocenters. The molecule has 2 aromatic rings. The topological polar surface area (TPSA) is 70.8 Å². The van der Waals surface area contributed by atoms with E-state index in [4.69, 9.17) is 10.5 Å². The number of rotatable bonds is 7. The molecule has 0 saturated carbocycles. The van der Waals surface area contributed by atoms with Crippen LogP contribution in [-0.2, 0) is 6.18 Å². The molecule has 6 nitrogen and oxygen atoms in total. The molecule has 0 aromatic heterocycles. The molecule has 0 bridgehead atoms. The largest absolute Gasteiger partial charge is 0.494 e. The number of primary amides is 1. The Labute approximate surface area is 173 Å². The molecule has 1 saturated heterocycles. The molecule has 0 spiro atoms. The van der Waals surface area contributed by atoms with Crippen molar-refractivity contribution in [3.8, 4) is 5.75 Å². The fraction of sp³-hybridized carbons (Fsp3) is 0.381. The Morgan fingerprint density at radius 2 is 1.63 bits per heavy atom. The average molecular weight is 422 g/mol. The van der Waals surface area contributed by atoms with E-state index in [0.717, 1.165) is 62.7 Å². The monoisotopic (exact) mass is 422 g/mol. The molecule has 0 aliphatic carbocycles. The number of hydrogen-bond donors (Lipinski definition) is 2. The van der Waals surface area contributed by atoms with Gasteiger partial charge in [-0.25, -0.2) is 4.79 Å². The summed E-state index contributed by atoms with van der Waals surface area (Å²) in [5, 5.41) is 2.49. The average Bonchev–Trinajstić information content (AvgIpc) is 2.72. The normalized spacial score (nSPS) is 15.1. The van der Waals surface area contributed by atoms with E-state index < -0.39 is 17.8 Å². The summed E-state index contributed by atoms with van der Waals surface area (Å²) in [4.78, 5) is 15.2. The van der Waals surface area contributed by atoms with Crippen LogP contribution >= 0.6 is 0 Å². The van der Waals surface area contributed by atoms with Gasteiger partial charge in [-0.15, -0.1) is 0 Å². The number of amides is 2. The number of urea groups is 1. The number of hydrogen-bond acceptors (Lipinski definition) is 4. The van der Waals surface area contributed by atoms with Gasteiger partial charge < -0.3 is 20.7 Å². The van der Waals surface area contributed by atoms with Crippen molar-refractivity contribution in [3.05, 3.63) is 54.1 Å². The molecule has 2 aromatic carbocycles. The highest BCUT2D eigenvalue weighted by atomic mass is 19.4. The molecule has 0 radical (unpaired) electrons. The first-order valence-corrected chi connectivity index (χ1v) is 9.75. The summed E-state index contributed by atoms with van der Waals surface area (Å²) < 4.78 is 43.8. The molecular weight excluding hydrogens is 397 g/mol. The highest BCUT2D eigenvalue weighted by Gasteiger charge is 2.30. The van der Waals surface area contributed by atoms with Gasteiger partial charge in [-0.2, -0.15) is 13.2 Å². The summed E-state index contributed by atoms with van der Waals surface area (Å²) in [6, 6.07) is 11.7. The van der Waals surface area contributed by atoms with E-state index in [1.807, 2.05) is 0 Å². The Bertz CT molecular complexity index is 818. The zero-order chi connectivity index (χ0) is 21.6. The van der Waals surface area contributed by atoms with E-state index >= 15 is 0 Å². The molecule has 162 valence electrons. The molecular formula is C21H25F3N4O2. The van der Waals surface area contributed by atoms with Crippen LogP contribution in [0.3, 0.4) is 0 Å². The number of piperazine rings is 1. The minimum absolute atomic E-state index is 0.571. The van der Waals surface area contributed by atoms with Crippen molar-refractivity contribution < 1.29 is 22.7 Å². The lowest BCUT2D eigenvalue weighted by Gasteiger charge is -2.36. The molecule has 3 N–H and O–H groups in total. The fourth-order valence-corrected chi connectivity index (χ4v) is 3.35. The second-order valence-corrected chi connectivity index (χ2v) is 7.09. The number of anilines is 2. The summed E-state index contributed by atoms with van der Waals surface area (Å²) in [6.07, 6.45) is -3.44. The first-order chi connectivity index (χ1) is 14.3. The van der Waals surface area contributed by atoms with E-state index in [2.05, 4.69) is 15.1 Å². The second-order valence-electron chi connectivity index (χ2n) is 7.09. The van der Waals surface area contributed by atoms with Crippen LogP contribution in [0.1, 0.15) is 12.0 Å². The highest BCUT2D eigenvalue weighted by Crippen LogP contribution is 2.30. The maximum Gasteiger partial charge on any atom is 0.416 e. The fourth-order valence-electron chi connectivity index (χ4n) is 3.35. The van der Waals surface area contributed by atoms with Gasteiger partial charge >= 0.3 is 12.2 Å². The van der Waals surface area contributed by atoms with Gasteiger partial charge in [0, 0.05) is 44.1 Å². The molecule has 1 fully saturated rings. The quantitative estimate of drug-likeness (QED) is 0.666. The van der Waals surface area contributed by atoms with Crippen LogP contribution in [-0.4, -0.2) is 50.3 Å². The van der Waals surface area contributed by atoms with Crippen molar-refractivity contribution in [3.63, 3.8) is 0 Å². The van der Waals surface area contributed by atoms with E-state index in [1.54, 1.807) is 24.3 Å². The summed E-state index contributed by atoms with van der Waals surface area (Å²) >= 11 is 0. The third-order valence-corrected chi connectivity index (χ3v) is 4.94. The molecule has 1 aliphatic heterocycles. The number of alkyl halides is 3. The first kappa shape index (κ1) is 21.8. The summed E-state index contributed by atoms with van der Waals surface area (Å²) in [5.74, 6) is 0.720. The Hall–Kier alpha value is -2.94. The van der Waals surface area contributed by atoms with Gasteiger partial charge in [0.1, 0.15) is 5.75 Å². The zero-order valence-corrected chi connectivity index (χ0v) is 16.5. The van der Waals surface area contributed by atoms with Crippen molar-refractivity contribution in [1.29, 1.82) is 0 Å². The van der Waals surface area contributed by atoms with Crippen molar-refractivity contribution in [1.82, 2.24) is 4.90 Å². The standard InChI is InChI=1S/C21H25F3N4O2/c22-21(23,24)16-2-6-18(7-3-16)28-13-11-27(12-14-28)10-1-15-30-19-8-4-17(5-9-19)26-20(25)29/h2-9H,1,10-15H2,(H3,25,26,29). The van der Waals surface area contributed by atoms with Crippen LogP contribution in [0.5, 0.6) is 5.75 Å². The number of carbonyl (C=O) groups is 1. The van der Waals surface area contributed by atoms with Crippen LogP contribution in [0.25, 0.3) is 0 Å². The lowest BCUT2D eigenvalue weighted by atomic mass is 10.1. The summed E-state index contributed by atoms with van der Waals surface area (Å²) in [7, 11) is 0. The third kappa shape index (κ3) is 6.28. The van der Waals surface area contributed by atoms with Crippen LogP contribution in [0.15, 0.2) is 48.5 Å². The SMILES string of the molecule is NC(=O)Nc1ccc(OCCCN2CCN(c3ccc(C(F)(F)F)cc3)CC2)cc1. The van der Waals surface area contributed by atoms with Gasteiger partial charge in [0.15, 0.2) is 0 Å². The highest BCUT2D eigenvalue weighted by molar-refractivity contribution is 5.87. The van der Waals surface area contributed by atoms with Crippen LogP contribution in [0.2, 0.25) is 0 Å². The third-order valence-electron chi connectivity index (χ3n) is 4.94. The van der Waals surface area contributed by atoms with Gasteiger partial charge in [-0.1, -0.05) is 0 Å². The number of halogens is 3. The lowest BCUT2D eigenvalue weighted by Crippen LogP contribution is -2.46. The second kappa shape index (κ2) is 9.71. The van der Waals surface area contributed by atoms with E-state index in [1.165, 1.54) is 12.1 Å². The van der Waals surface area contributed by atoms with Gasteiger partial charge in [0.2, 0.25) is 0 Å². The van der Waals surface area contributed by atoms with Gasteiger partial charge in [-0.3, -0.25) is 4.90 Å². The molecule has 9 heteroatoms. The Kier molecular flexibility index (Phi) is 7.04. The number of nitrogens with one attached hydrogen (secondary N) is 1. The Balaban J connectivity index is 1.35. The van der Waals surface area contributed by atoms with Gasteiger partial charge in [-0.05, 0) is 55.0 Å². The summed E-state index contributed by atoms with van der Waals surface area (Å²) in [5.41, 5.74) is 5.87. The minimum Gasteiger partial charge on any atom is -0.494 e. The molecule has 2 amide bonds. The van der Waals surface area contributed by atoms with Crippen LogP contribution < -0.4 is 20.7 Å². The molecule has 1 aliphatic rings. The maximum absolute atomic E-state index is 12.7. The van der Waals surface area contributed by atoms with E-state index in [-0.39, 0.29) is 0 Å². The van der Waals surface area contributed by atoms with Crippen molar-refractivity contribution >= 4 is 17.4 Å². The van der Waals surface area contributed by atoms with Crippen molar-refractivity contribution in [2.75, 3.05) is 49.5 Å². The molecule has 1 heterocycles. The van der Waals surface area contributed by atoms with E-state index in [9.17, 15) is 18.0 Å². The van der Waals surface area contributed by atoms with Crippen molar-refractivity contribution in [2.24, 2.45) is 5.73 Å². The van der Waals surface area contributed by atoms with E-state index in [0.29, 0.717) is 12.3 Å².